The molecule has 2 aliphatic rings. The summed E-state index contributed by atoms with van der Waals surface area (Å²) in [5.41, 5.74) is 12.5. The van der Waals surface area contributed by atoms with Crippen molar-refractivity contribution in [2.24, 2.45) is 0 Å². The Bertz CT molecular complexity index is 950. The van der Waals surface area contributed by atoms with Gasteiger partial charge in [0.1, 0.15) is 0 Å². The van der Waals surface area contributed by atoms with Gasteiger partial charge in [-0.05, 0) is 0 Å². The monoisotopic (exact) mass is 566 g/mol. The van der Waals surface area contributed by atoms with Crippen molar-refractivity contribution in [2.45, 2.75) is 67.3 Å². The number of hydrogen-bond donors (Lipinski definition) is 0. The first-order chi connectivity index (χ1) is 14.0. The molecule has 2 atom stereocenters. The van der Waals surface area contributed by atoms with Crippen molar-refractivity contribution in [3.63, 3.8) is 0 Å². The zero-order chi connectivity index (χ0) is 20.5. The molecule has 150 valence electrons. The number of benzene rings is 2. The fraction of sp³-hybridized carbons (Fsp3) is 0.407. The Balaban J connectivity index is 1.80. The van der Waals surface area contributed by atoms with Crippen LogP contribution in [0.4, 0.5) is 0 Å². The first-order valence-corrected chi connectivity index (χ1v) is 23.1. The van der Waals surface area contributed by atoms with E-state index in [1.54, 1.807) is 22.3 Å². The Kier molecular flexibility index (Phi) is 6.61. The third-order valence-electron chi connectivity index (χ3n) is 6.89. The molecular formula is C27H34HfSi. The Morgan fingerprint density at radius 3 is 1.69 bits per heavy atom. The summed E-state index contributed by atoms with van der Waals surface area (Å²) in [5, 5.41) is 0. The first-order valence-electron chi connectivity index (χ1n) is 11.3. The van der Waals surface area contributed by atoms with Crippen LogP contribution in [0.15, 0.2) is 36.4 Å². The van der Waals surface area contributed by atoms with Crippen molar-refractivity contribution < 1.29 is 20.1 Å². The van der Waals surface area contributed by atoms with Crippen molar-refractivity contribution in [2.75, 3.05) is 0 Å². The average Bonchev–Trinajstić information content (AvgIpc) is 3.34. The molecule has 2 aromatic rings. The molecule has 0 amide bonds. The van der Waals surface area contributed by atoms with Gasteiger partial charge in [-0.1, -0.05) is 0 Å². The van der Waals surface area contributed by atoms with E-state index in [0.29, 0.717) is 6.22 Å². The molecular weight excluding hydrogens is 531 g/mol. The molecule has 0 heterocycles. The third-order valence-corrected chi connectivity index (χ3v) is 30.7. The van der Waals surface area contributed by atoms with Crippen LogP contribution in [-0.4, -0.2) is 6.22 Å². The van der Waals surface area contributed by atoms with E-state index in [1.807, 2.05) is 0 Å². The Hall–Kier alpha value is -0.993. The molecule has 0 aromatic heterocycles. The van der Waals surface area contributed by atoms with Gasteiger partial charge in [0.05, 0.1) is 0 Å². The van der Waals surface area contributed by atoms with Gasteiger partial charge in [-0.2, -0.15) is 0 Å². The summed E-state index contributed by atoms with van der Waals surface area (Å²) < 4.78 is 1.57. The van der Waals surface area contributed by atoms with E-state index in [2.05, 4.69) is 83.2 Å². The van der Waals surface area contributed by atoms with E-state index in [1.165, 1.54) is 47.6 Å². The van der Waals surface area contributed by atoms with Crippen molar-refractivity contribution in [3.05, 3.63) is 80.9 Å². The number of aryl methyl sites for hydroxylation is 4. The zero-order valence-electron chi connectivity index (χ0n) is 18.7. The van der Waals surface area contributed by atoms with Crippen LogP contribution in [0.1, 0.15) is 78.0 Å². The molecule has 2 unspecified atom stereocenters. The van der Waals surface area contributed by atoms with Crippen LogP contribution in [0.25, 0.3) is 12.2 Å². The summed E-state index contributed by atoms with van der Waals surface area (Å²) in [6, 6.07) is 10.9. The van der Waals surface area contributed by atoms with Crippen LogP contribution in [0.2, 0.25) is 6.04 Å². The van der Waals surface area contributed by atoms with Crippen LogP contribution in [0.3, 0.4) is 0 Å². The summed E-state index contributed by atoms with van der Waals surface area (Å²) >= 11 is -1.99. The quantitative estimate of drug-likeness (QED) is 0.254. The van der Waals surface area contributed by atoms with Gasteiger partial charge >= 0.3 is 187 Å². The molecule has 0 fully saturated rings. The van der Waals surface area contributed by atoms with Gasteiger partial charge in [-0.25, -0.2) is 0 Å². The predicted octanol–water partition coefficient (Wildman–Crippen LogP) is 7.33. The van der Waals surface area contributed by atoms with E-state index >= 15 is 0 Å². The Morgan fingerprint density at radius 1 is 0.724 bits per heavy atom. The van der Waals surface area contributed by atoms with E-state index < -0.39 is 20.1 Å². The summed E-state index contributed by atoms with van der Waals surface area (Å²) in [4.78, 5) is 0. The van der Waals surface area contributed by atoms with Gasteiger partial charge in [0.15, 0.2) is 0 Å². The SMILES string of the molecule is CCCCC[SiH]=[Hf]([CH]1C=Cc2c(C)ccc(C)c21)[CH]1C=Cc2c(C)ccc(C)c21. The second-order valence-corrected chi connectivity index (χ2v) is 27.8. The molecule has 2 aromatic carbocycles. The number of hydrogen-bond acceptors (Lipinski definition) is 0. The normalized spacial score (nSPS) is 18.8. The average molecular weight is 565 g/mol. The fourth-order valence-corrected chi connectivity index (χ4v) is 31.2. The zero-order valence-corrected chi connectivity index (χ0v) is 23.4. The maximum atomic E-state index is 2.64. The van der Waals surface area contributed by atoms with Crippen LogP contribution in [-0.2, 0) is 20.1 Å². The first kappa shape index (κ1) is 21.2. The predicted molar refractivity (Wildman–Crippen MR) is 127 cm³/mol. The summed E-state index contributed by atoms with van der Waals surface area (Å²) in [7, 11) is 0. The fourth-order valence-electron chi connectivity index (χ4n) is 5.22. The second-order valence-electron chi connectivity index (χ2n) is 8.93. The van der Waals surface area contributed by atoms with Crippen molar-refractivity contribution in [1.82, 2.24) is 0 Å². The second kappa shape index (κ2) is 9.02. The number of fused-ring (bicyclic) bond motifs is 2. The van der Waals surface area contributed by atoms with Gasteiger partial charge in [-0.15, -0.1) is 0 Å². The topological polar surface area (TPSA) is 0 Å². The minimum atomic E-state index is -1.99. The molecule has 2 aliphatic carbocycles. The van der Waals surface area contributed by atoms with E-state index in [-0.39, 0.29) is 0 Å². The Morgan fingerprint density at radius 2 is 1.21 bits per heavy atom. The molecule has 0 N–H and O–H groups in total. The Labute approximate surface area is 185 Å². The molecule has 0 saturated carbocycles. The van der Waals surface area contributed by atoms with Gasteiger partial charge in [0.2, 0.25) is 0 Å². The van der Waals surface area contributed by atoms with Crippen molar-refractivity contribution >= 4 is 18.4 Å². The van der Waals surface area contributed by atoms with Crippen LogP contribution in [0.5, 0.6) is 0 Å². The van der Waals surface area contributed by atoms with Crippen LogP contribution >= 0.6 is 0 Å². The van der Waals surface area contributed by atoms with Gasteiger partial charge in [-0.3, -0.25) is 0 Å². The molecule has 4 rings (SSSR count). The molecule has 0 bridgehead atoms. The van der Waals surface area contributed by atoms with Gasteiger partial charge < -0.3 is 0 Å². The van der Waals surface area contributed by atoms with Gasteiger partial charge in [0, 0.05) is 0 Å². The molecule has 0 aliphatic heterocycles. The van der Waals surface area contributed by atoms with E-state index in [9.17, 15) is 0 Å². The molecule has 2 heteroatoms. The number of unbranched alkanes of at least 4 members (excludes halogenated alkanes) is 2. The van der Waals surface area contributed by atoms with Crippen LogP contribution in [0, 0.1) is 27.7 Å². The summed E-state index contributed by atoms with van der Waals surface area (Å²) in [6.07, 6.45) is 15.0. The summed E-state index contributed by atoms with van der Waals surface area (Å²) in [6.45, 7) is 11.6. The minimum absolute atomic E-state index is 0.622. The van der Waals surface area contributed by atoms with E-state index in [0.717, 1.165) is 7.35 Å². The molecule has 0 spiro atoms. The molecule has 0 nitrogen and oxygen atoms in total. The molecule has 0 saturated heterocycles. The van der Waals surface area contributed by atoms with Crippen LogP contribution < -0.4 is 0 Å². The standard InChI is InChI=1S/2C11H11.C5H12Si.Hf/c2*1-8-6-7-9(2)11-5-3-4-10(8)11;1-2-3-4-5-6;/h2*3-7H,1-2H3;6H,2-5H2,1H3;. The van der Waals surface area contributed by atoms with Gasteiger partial charge in [0.25, 0.3) is 0 Å². The number of allylic oxidation sites excluding steroid dienone is 2. The van der Waals surface area contributed by atoms with Crippen molar-refractivity contribution in [3.8, 4) is 0 Å². The third kappa shape index (κ3) is 4.00. The van der Waals surface area contributed by atoms with E-state index in [4.69, 9.17) is 0 Å². The molecule has 0 radical (unpaired) electrons. The van der Waals surface area contributed by atoms with Crippen molar-refractivity contribution in [1.29, 1.82) is 0 Å². The summed E-state index contributed by atoms with van der Waals surface area (Å²) in [5.74, 6) is 0. The maximum absolute atomic E-state index is 2.64. The number of rotatable bonds is 6. The molecule has 29 heavy (non-hydrogen) atoms.